The van der Waals surface area contributed by atoms with E-state index in [1.165, 1.54) is 27.8 Å². The lowest BCUT2D eigenvalue weighted by Crippen LogP contribution is -2.49. The number of hydrogen-bond donors (Lipinski definition) is 0. The van der Waals surface area contributed by atoms with E-state index in [1.807, 2.05) is 19.1 Å². The molecule has 0 bridgehead atoms. The zero-order valence-corrected chi connectivity index (χ0v) is 21.5. The fraction of sp³-hybridized carbons (Fsp3) is 0.417. The number of sulfonamides is 1. The monoisotopic (exact) mass is 537 g/mol. The number of thiazole rings is 1. The molecule has 5 rings (SSSR count). The lowest BCUT2D eigenvalue weighted by atomic mass is 10.2. The zero-order valence-electron chi connectivity index (χ0n) is 19.1. The van der Waals surface area contributed by atoms with Crippen molar-refractivity contribution in [3.05, 3.63) is 52.8 Å². The molecule has 0 saturated carbocycles. The summed E-state index contributed by atoms with van der Waals surface area (Å²) in [6, 6.07) is 7.46. The number of rotatable bonds is 6. The van der Waals surface area contributed by atoms with Gasteiger partial charge < -0.3 is 4.74 Å². The molecule has 2 aliphatic heterocycles. The van der Waals surface area contributed by atoms with E-state index in [4.69, 9.17) is 21.3 Å². The van der Waals surface area contributed by atoms with Gasteiger partial charge in [-0.2, -0.15) is 4.31 Å². The lowest BCUT2D eigenvalue weighted by Gasteiger charge is -2.29. The van der Waals surface area contributed by atoms with E-state index in [0.29, 0.717) is 36.1 Å². The molecule has 0 aliphatic carbocycles. The highest BCUT2D eigenvalue weighted by molar-refractivity contribution is 7.89. The molecule has 2 aliphatic rings. The number of fused-ring (bicyclic) bond motifs is 1. The number of aromatic nitrogens is 1. The van der Waals surface area contributed by atoms with Gasteiger partial charge in [0.25, 0.3) is 0 Å². The largest absolute Gasteiger partial charge is 0.376 e. The van der Waals surface area contributed by atoms with Crippen molar-refractivity contribution < 1.29 is 22.3 Å². The smallest absolute Gasteiger partial charge is 0.247 e. The predicted molar refractivity (Wildman–Crippen MR) is 134 cm³/mol. The third kappa shape index (κ3) is 4.82. The lowest BCUT2D eigenvalue weighted by molar-refractivity contribution is -0.122. The van der Waals surface area contributed by atoms with Crippen LogP contribution in [0.5, 0.6) is 0 Å². The SMILES string of the molecule is Cc1cc(Cl)cc2sc(N(CC3CCCO3)C(=O)C3CCCN3S(=O)(=O)c3ccc(F)cc3)nc12. The summed E-state index contributed by atoms with van der Waals surface area (Å²) < 4.78 is 48.0. The standard InChI is InChI=1S/C24H25ClFN3O4S2/c1-15-12-16(25)13-21-22(15)27-24(34-21)28(14-18-4-3-11-33-18)23(30)20-5-2-10-29(20)35(31,32)19-8-6-17(26)7-9-19/h6-9,12-13,18,20H,2-5,10-11,14H2,1H3. The average molecular weight is 538 g/mol. The van der Waals surface area contributed by atoms with Gasteiger partial charge in [0.15, 0.2) is 5.13 Å². The van der Waals surface area contributed by atoms with E-state index in [-0.39, 0.29) is 23.5 Å². The summed E-state index contributed by atoms with van der Waals surface area (Å²) in [4.78, 5) is 20.2. The van der Waals surface area contributed by atoms with Gasteiger partial charge in [-0.3, -0.25) is 9.69 Å². The summed E-state index contributed by atoms with van der Waals surface area (Å²) >= 11 is 7.59. The Labute approximate surface area is 212 Å². The molecular formula is C24H25ClFN3O4S2. The number of carbonyl (C=O) groups excluding carboxylic acids is 1. The van der Waals surface area contributed by atoms with Crippen molar-refractivity contribution in [3.8, 4) is 0 Å². The van der Waals surface area contributed by atoms with Crippen molar-refractivity contribution in [2.45, 2.75) is 49.6 Å². The van der Waals surface area contributed by atoms with Gasteiger partial charge >= 0.3 is 0 Å². The maximum Gasteiger partial charge on any atom is 0.247 e. The van der Waals surface area contributed by atoms with Crippen LogP contribution in [0, 0.1) is 12.7 Å². The maximum atomic E-state index is 13.9. The van der Waals surface area contributed by atoms with Crippen LogP contribution in [0.15, 0.2) is 41.3 Å². The number of amides is 1. The Hall–Kier alpha value is -2.11. The predicted octanol–water partition coefficient (Wildman–Crippen LogP) is 4.76. The quantitative estimate of drug-likeness (QED) is 0.453. The van der Waals surface area contributed by atoms with Crippen LogP contribution in [-0.4, -0.2) is 55.5 Å². The summed E-state index contributed by atoms with van der Waals surface area (Å²) in [6.45, 7) is 3.07. The van der Waals surface area contributed by atoms with Crippen LogP contribution < -0.4 is 4.90 Å². The molecule has 1 amide bonds. The minimum Gasteiger partial charge on any atom is -0.376 e. The van der Waals surface area contributed by atoms with Crippen LogP contribution in [0.1, 0.15) is 31.2 Å². The van der Waals surface area contributed by atoms with Gasteiger partial charge in [-0.15, -0.1) is 0 Å². The van der Waals surface area contributed by atoms with Crippen molar-refractivity contribution in [2.24, 2.45) is 0 Å². The van der Waals surface area contributed by atoms with Gasteiger partial charge in [-0.25, -0.2) is 17.8 Å². The summed E-state index contributed by atoms with van der Waals surface area (Å²) in [5.74, 6) is -0.849. The van der Waals surface area contributed by atoms with Gasteiger partial charge in [0, 0.05) is 18.2 Å². The van der Waals surface area contributed by atoms with Crippen LogP contribution in [0.3, 0.4) is 0 Å². The highest BCUT2D eigenvalue weighted by Gasteiger charge is 2.42. The molecule has 3 aromatic rings. The van der Waals surface area contributed by atoms with Gasteiger partial charge in [0.05, 0.1) is 27.8 Å². The van der Waals surface area contributed by atoms with Gasteiger partial charge in [-0.05, 0) is 74.6 Å². The molecule has 2 unspecified atom stereocenters. The second-order valence-corrected chi connectivity index (χ2v) is 12.2. The minimum absolute atomic E-state index is 0.0328. The first-order chi connectivity index (χ1) is 16.7. The van der Waals surface area contributed by atoms with Crippen LogP contribution in [-0.2, 0) is 19.6 Å². The normalized spacial score (nSPS) is 21.1. The Morgan fingerprint density at radius 1 is 1.26 bits per heavy atom. The number of anilines is 1. The summed E-state index contributed by atoms with van der Waals surface area (Å²) in [6.07, 6.45) is 2.55. The van der Waals surface area contributed by atoms with E-state index in [9.17, 15) is 17.6 Å². The molecule has 2 saturated heterocycles. The number of aryl methyl sites for hydroxylation is 1. The summed E-state index contributed by atoms with van der Waals surface area (Å²) in [7, 11) is -3.98. The van der Waals surface area contributed by atoms with Crippen LogP contribution in [0.4, 0.5) is 9.52 Å². The molecule has 186 valence electrons. The van der Waals surface area contributed by atoms with Gasteiger partial charge in [0.2, 0.25) is 15.9 Å². The Balaban J connectivity index is 1.50. The maximum absolute atomic E-state index is 13.9. The number of hydrogen-bond acceptors (Lipinski definition) is 6. The summed E-state index contributed by atoms with van der Waals surface area (Å²) in [5, 5.41) is 1.09. The first kappa shape index (κ1) is 24.6. The highest BCUT2D eigenvalue weighted by atomic mass is 35.5. The average Bonchev–Trinajstić information content (AvgIpc) is 3.57. The Bertz CT molecular complexity index is 1360. The first-order valence-electron chi connectivity index (χ1n) is 11.5. The Morgan fingerprint density at radius 3 is 2.74 bits per heavy atom. The molecule has 11 heteroatoms. The van der Waals surface area contributed by atoms with Crippen molar-refractivity contribution >= 4 is 54.2 Å². The summed E-state index contributed by atoms with van der Waals surface area (Å²) in [5.41, 5.74) is 1.67. The fourth-order valence-electron chi connectivity index (χ4n) is 4.71. The number of halogens is 2. The number of ether oxygens (including phenoxy) is 1. The van der Waals surface area contributed by atoms with Gasteiger partial charge in [0.1, 0.15) is 11.9 Å². The molecule has 0 spiro atoms. The second-order valence-electron chi connectivity index (χ2n) is 8.88. The van der Waals surface area contributed by atoms with E-state index in [2.05, 4.69) is 0 Å². The molecule has 2 atom stereocenters. The second kappa shape index (κ2) is 9.74. The third-order valence-electron chi connectivity index (χ3n) is 6.46. The van der Waals surface area contributed by atoms with E-state index >= 15 is 0 Å². The Morgan fingerprint density at radius 2 is 2.03 bits per heavy atom. The van der Waals surface area contributed by atoms with Crippen LogP contribution in [0.25, 0.3) is 10.2 Å². The Kier molecular flexibility index (Phi) is 6.84. The van der Waals surface area contributed by atoms with Crippen LogP contribution >= 0.6 is 22.9 Å². The fourth-order valence-corrected chi connectivity index (χ4v) is 7.79. The van der Waals surface area contributed by atoms with Crippen LogP contribution in [0.2, 0.25) is 5.02 Å². The molecule has 2 aromatic carbocycles. The van der Waals surface area contributed by atoms with E-state index in [0.717, 1.165) is 40.8 Å². The molecule has 0 radical (unpaired) electrons. The molecular weight excluding hydrogens is 513 g/mol. The van der Waals surface area contributed by atoms with Crippen molar-refractivity contribution in [1.29, 1.82) is 0 Å². The highest BCUT2D eigenvalue weighted by Crippen LogP contribution is 2.36. The number of nitrogens with zero attached hydrogens (tertiary/aromatic N) is 3. The zero-order chi connectivity index (χ0) is 24.7. The minimum atomic E-state index is -3.98. The molecule has 3 heterocycles. The van der Waals surface area contributed by atoms with E-state index < -0.39 is 21.9 Å². The molecule has 1 aromatic heterocycles. The topological polar surface area (TPSA) is 79.8 Å². The number of carbonyl (C=O) groups is 1. The van der Waals surface area contributed by atoms with E-state index in [1.54, 1.807) is 4.90 Å². The molecule has 7 nitrogen and oxygen atoms in total. The first-order valence-corrected chi connectivity index (χ1v) is 14.1. The van der Waals surface area contributed by atoms with Crippen molar-refractivity contribution in [2.75, 3.05) is 24.6 Å². The number of benzene rings is 2. The molecule has 35 heavy (non-hydrogen) atoms. The van der Waals surface area contributed by atoms with Crippen molar-refractivity contribution in [1.82, 2.24) is 9.29 Å². The molecule has 0 N–H and O–H groups in total. The van der Waals surface area contributed by atoms with Crippen molar-refractivity contribution in [3.63, 3.8) is 0 Å². The molecule has 2 fully saturated rings. The van der Waals surface area contributed by atoms with Gasteiger partial charge in [-0.1, -0.05) is 22.9 Å². The third-order valence-corrected chi connectivity index (χ3v) is 9.62.